The fourth-order valence-electron chi connectivity index (χ4n) is 2.47. The number of nitrogens with zero attached hydrogens (tertiary/aromatic N) is 2. The van der Waals surface area contributed by atoms with Crippen LogP contribution in [0.4, 0.5) is 11.4 Å². The Balaban J connectivity index is 0.000000808. The van der Waals surface area contributed by atoms with Gasteiger partial charge < -0.3 is 5.11 Å². The van der Waals surface area contributed by atoms with Gasteiger partial charge in [-0.25, -0.2) is 0 Å². The van der Waals surface area contributed by atoms with E-state index in [2.05, 4.69) is 10.2 Å². The minimum atomic E-state index is -3.67. The summed E-state index contributed by atoms with van der Waals surface area (Å²) in [5, 5.41) is 20.8. The zero-order valence-corrected chi connectivity index (χ0v) is 19.5. The molecule has 0 spiro atoms. The molecule has 0 heterocycles. The van der Waals surface area contributed by atoms with E-state index in [-0.39, 0.29) is 5.75 Å². The van der Waals surface area contributed by atoms with Crippen LogP contribution in [-0.4, -0.2) is 24.3 Å². The topological polar surface area (TPSA) is 99.3 Å². The summed E-state index contributed by atoms with van der Waals surface area (Å²) in [6.07, 6.45) is 0.715. The predicted molar refractivity (Wildman–Crippen MR) is 126 cm³/mol. The van der Waals surface area contributed by atoms with Crippen molar-refractivity contribution in [2.24, 2.45) is 10.2 Å². The number of aromatic hydroxyl groups is 1. The maximum atomic E-state index is 10.5. The molecule has 164 valence electrons. The van der Waals surface area contributed by atoms with Crippen molar-refractivity contribution in [3.63, 3.8) is 0 Å². The predicted octanol–water partition coefficient (Wildman–Crippen LogP) is 7.13. The van der Waals surface area contributed by atoms with Gasteiger partial charge in [0.1, 0.15) is 5.69 Å². The van der Waals surface area contributed by atoms with Crippen LogP contribution < -0.4 is 0 Å². The molecule has 0 saturated heterocycles. The molecule has 0 aromatic heterocycles. The van der Waals surface area contributed by atoms with Crippen LogP contribution >= 0.6 is 0 Å². The van der Waals surface area contributed by atoms with E-state index < -0.39 is 10.1 Å². The maximum absolute atomic E-state index is 10.5. The van der Waals surface area contributed by atoms with Gasteiger partial charge in [0.2, 0.25) is 0 Å². The van der Waals surface area contributed by atoms with E-state index in [9.17, 15) is 13.5 Å². The largest absolute Gasteiger partial charge is 0.505 e. The summed E-state index contributed by atoms with van der Waals surface area (Å²) in [6.45, 7) is 11.9. The third-order valence-corrected chi connectivity index (χ3v) is 3.53. The average Bonchev–Trinajstić information content (AvgIpc) is 2.70. The summed E-state index contributed by atoms with van der Waals surface area (Å²) in [5.41, 5.74) is 3.23. The second-order valence-electron chi connectivity index (χ2n) is 5.83. The Morgan fingerprint density at radius 3 is 1.87 bits per heavy atom. The van der Waals surface area contributed by atoms with Crippen molar-refractivity contribution in [2.75, 3.05) is 6.26 Å². The van der Waals surface area contributed by atoms with Crippen LogP contribution in [-0.2, 0) is 10.1 Å². The van der Waals surface area contributed by atoms with Crippen molar-refractivity contribution in [3.05, 3.63) is 65.7 Å². The zero-order valence-electron chi connectivity index (χ0n) is 18.7. The van der Waals surface area contributed by atoms with E-state index in [1.807, 2.05) is 96.1 Å². The number of benzene rings is 3. The number of aryl methyl sites for hydroxylation is 2. The van der Waals surface area contributed by atoms with Crippen LogP contribution in [0.15, 0.2) is 64.8 Å². The van der Waals surface area contributed by atoms with Gasteiger partial charge in [-0.2, -0.15) is 13.5 Å². The Bertz CT molecular complexity index is 1040. The number of fused-ring (bicyclic) bond motifs is 1. The first-order valence-electron chi connectivity index (χ1n) is 9.78. The molecule has 7 heteroatoms. The fraction of sp³-hybridized carbons (Fsp3) is 0.304. The summed E-state index contributed by atoms with van der Waals surface area (Å²) in [5.74, 6) is 0.197. The normalized spacial score (nSPS) is 10.3. The van der Waals surface area contributed by atoms with Crippen LogP contribution in [0, 0.1) is 13.8 Å². The number of phenolic OH excluding ortho intramolecular Hbond substituents is 1. The van der Waals surface area contributed by atoms with Crippen molar-refractivity contribution in [2.45, 2.75) is 41.5 Å². The summed E-state index contributed by atoms with van der Waals surface area (Å²) < 4.78 is 25.9. The van der Waals surface area contributed by atoms with E-state index in [4.69, 9.17) is 4.55 Å². The lowest BCUT2D eigenvalue weighted by Crippen LogP contribution is -1.88. The van der Waals surface area contributed by atoms with Gasteiger partial charge in [0.25, 0.3) is 10.1 Å². The van der Waals surface area contributed by atoms with Gasteiger partial charge in [-0.05, 0) is 48.6 Å². The Hall–Kier alpha value is -2.77. The standard InChI is InChI=1S/C18H16N2O.2C2H6.CH4O3S/c1-12-7-6-8-14-11-13(2)17(18(21)16(12)14)20-19-15-9-4-3-5-10-15;2*1-2;1-5(2,3)4/h3-11,21H,1-2H3;2*1-2H3;1H3,(H,2,3,4). The first kappa shape index (κ1) is 27.2. The summed E-state index contributed by atoms with van der Waals surface area (Å²) in [6, 6.07) is 17.5. The van der Waals surface area contributed by atoms with Crippen LogP contribution in [0.5, 0.6) is 5.75 Å². The van der Waals surface area contributed by atoms with E-state index in [0.717, 1.165) is 27.6 Å². The Morgan fingerprint density at radius 1 is 0.800 bits per heavy atom. The summed E-state index contributed by atoms with van der Waals surface area (Å²) in [4.78, 5) is 0. The number of rotatable bonds is 2. The number of hydrogen-bond acceptors (Lipinski definition) is 5. The molecule has 0 atom stereocenters. The fourth-order valence-corrected chi connectivity index (χ4v) is 2.47. The molecule has 6 nitrogen and oxygen atoms in total. The van der Waals surface area contributed by atoms with Crippen molar-refractivity contribution < 1.29 is 18.1 Å². The first-order valence-corrected chi connectivity index (χ1v) is 11.6. The lowest BCUT2D eigenvalue weighted by molar-refractivity contribution is 0.482. The molecular formula is C23H32N2O4S. The summed E-state index contributed by atoms with van der Waals surface area (Å²) in [7, 11) is -3.67. The van der Waals surface area contributed by atoms with Crippen molar-refractivity contribution >= 4 is 32.3 Å². The highest BCUT2D eigenvalue weighted by Crippen LogP contribution is 2.40. The van der Waals surface area contributed by atoms with Crippen LogP contribution in [0.1, 0.15) is 38.8 Å². The molecule has 2 N–H and O–H groups in total. The molecule has 0 amide bonds. The molecule has 3 rings (SSSR count). The quantitative estimate of drug-likeness (QED) is 0.332. The van der Waals surface area contributed by atoms with Gasteiger partial charge in [-0.15, -0.1) is 5.11 Å². The molecule has 0 bridgehead atoms. The van der Waals surface area contributed by atoms with E-state index in [0.29, 0.717) is 11.9 Å². The highest BCUT2D eigenvalue weighted by Gasteiger charge is 2.11. The highest BCUT2D eigenvalue weighted by atomic mass is 32.2. The van der Waals surface area contributed by atoms with Gasteiger partial charge in [-0.3, -0.25) is 4.55 Å². The number of hydrogen-bond donors (Lipinski definition) is 2. The molecule has 0 aliphatic carbocycles. The Kier molecular flexibility index (Phi) is 12.2. The van der Waals surface area contributed by atoms with Crippen LogP contribution in [0.25, 0.3) is 10.8 Å². The van der Waals surface area contributed by atoms with Gasteiger partial charge in [0.15, 0.2) is 5.75 Å². The maximum Gasteiger partial charge on any atom is 0.261 e. The van der Waals surface area contributed by atoms with Gasteiger partial charge >= 0.3 is 0 Å². The molecular weight excluding hydrogens is 400 g/mol. The van der Waals surface area contributed by atoms with Gasteiger partial charge in [-0.1, -0.05) is 64.1 Å². The smallest absolute Gasteiger partial charge is 0.261 e. The molecule has 3 aromatic rings. The second-order valence-corrected chi connectivity index (χ2v) is 7.30. The molecule has 0 fully saturated rings. The molecule has 0 aliphatic heterocycles. The second kappa shape index (κ2) is 13.5. The van der Waals surface area contributed by atoms with E-state index in [1.165, 1.54) is 0 Å². The highest BCUT2D eigenvalue weighted by molar-refractivity contribution is 7.85. The molecule has 0 aliphatic rings. The average molecular weight is 433 g/mol. The summed E-state index contributed by atoms with van der Waals surface area (Å²) >= 11 is 0. The third-order valence-electron chi connectivity index (χ3n) is 3.53. The molecule has 30 heavy (non-hydrogen) atoms. The minimum Gasteiger partial charge on any atom is -0.505 e. The van der Waals surface area contributed by atoms with E-state index >= 15 is 0 Å². The monoisotopic (exact) mass is 432 g/mol. The third kappa shape index (κ3) is 9.15. The minimum absolute atomic E-state index is 0.197. The number of phenols is 1. The number of azo groups is 1. The van der Waals surface area contributed by atoms with Crippen LogP contribution in [0.3, 0.4) is 0 Å². The first-order chi connectivity index (χ1) is 14.2. The molecule has 0 radical (unpaired) electrons. The zero-order chi connectivity index (χ0) is 23.3. The molecule has 3 aromatic carbocycles. The van der Waals surface area contributed by atoms with E-state index in [1.54, 1.807) is 0 Å². The Labute approximate surface area is 180 Å². The Morgan fingerprint density at radius 2 is 1.33 bits per heavy atom. The van der Waals surface area contributed by atoms with Gasteiger partial charge in [0, 0.05) is 5.39 Å². The van der Waals surface area contributed by atoms with Crippen molar-refractivity contribution in [3.8, 4) is 5.75 Å². The molecule has 0 saturated carbocycles. The van der Waals surface area contributed by atoms with Crippen LogP contribution in [0.2, 0.25) is 0 Å². The lowest BCUT2D eigenvalue weighted by Gasteiger charge is -2.09. The van der Waals surface area contributed by atoms with Crippen molar-refractivity contribution in [1.29, 1.82) is 0 Å². The van der Waals surface area contributed by atoms with Gasteiger partial charge in [0.05, 0.1) is 11.9 Å². The SMILES string of the molecule is CC.CC.CS(=O)(=O)O.Cc1cc2cccc(C)c2c(O)c1N=Nc1ccccc1. The molecule has 0 unspecified atom stereocenters. The van der Waals surface area contributed by atoms with Crippen molar-refractivity contribution in [1.82, 2.24) is 0 Å². The lowest BCUT2D eigenvalue weighted by atomic mass is 10.0.